The van der Waals surface area contributed by atoms with E-state index in [-0.39, 0.29) is 11.9 Å². The Balaban J connectivity index is 1.88. The summed E-state index contributed by atoms with van der Waals surface area (Å²) in [7, 11) is 0. The third kappa shape index (κ3) is 5.75. The summed E-state index contributed by atoms with van der Waals surface area (Å²) in [5.74, 6) is 1.46. The average molecular weight is 244 g/mol. The summed E-state index contributed by atoms with van der Waals surface area (Å²) in [5.41, 5.74) is 0. The second-order valence-corrected chi connectivity index (χ2v) is 5.33. The molecule has 16 heavy (non-hydrogen) atoms. The third-order valence-electron chi connectivity index (χ3n) is 2.95. The zero-order valence-electron chi connectivity index (χ0n) is 10.3. The van der Waals surface area contributed by atoms with Crippen LogP contribution in [0.4, 0.5) is 0 Å². The first-order valence-electron chi connectivity index (χ1n) is 6.34. The fourth-order valence-electron chi connectivity index (χ4n) is 1.97. The quantitative estimate of drug-likeness (QED) is 0.640. The van der Waals surface area contributed by atoms with Gasteiger partial charge in [-0.15, -0.1) is 0 Å². The van der Waals surface area contributed by atoms with Crippen LogP contribution in [0.15, 0.2) is 0 Å². The van der Waals surface area contributed by atoms with Crippen molar-refractivity contribution in [1.29, 1.82) is 0 Å². The average Bonchev–Trinajstić information content (AvgIpc) is 2.81. The van der Waals surface area contributed by atoms with Gasteiger partial charge in [0, 0.05) is 6.54 Å². The summed E-state index contributed by atoms with van der Waals surface area (Å²) in [5, 5.41) is 6.22. The number of nitrogens with one attached hydrogen (secondary N) is 2. The Kier molecular flexibility index (Phi) is 7.68. The molecule has 94 valence electrons. The molecule has 1 fully saturated rings. The molecule has 0 unspecified atom stereocenters. The van der Waals surface area contributed by atoms with Gasteiger partial charge in [0.1, 0.15) is 0 Å². The van der Waals surface area contributed by atoms with Crippen LogP contribution in [-0.2, 0) is 4.79 Å². The van der Waals surface area contributed by atoms with Gasteiger partial charge in [0.15, 0.2) is 0 Å². The minimum atomic E-state index is 0.0801. The molecule has 0 radical (unpaired) electrons. The SMILES string of the molecule is CSCCCCCCNC(=O)[C@H]1CCCN1. The highest BCUT2D eigenvalue weighted by Gasteiger charge is 2.20. The topological polar surface area (TPSA) is 41.1 Å². The summed E-state index contributed by atoms with van der Waals surface area (Å²) in [6.07, 6.45) is 9.23. The molecule has 2 N–H and O–H groups in total. The fraction of sp³-hybridized carbons (Fsp3) is 0.917. The minimum absolute atomic E-state index is 0.0801. The number of hydrogen-bond acceptors (Lipinski definition) is 3. The molecule has 0 spiro atoms. The van der Waals surface area contributed by atoms with Crippen molar-refractivity contribution in [2.75, 3.05) is 25.1 Å². The van der Waals surface area contributed by atoms with Crippen LogP contribution in [0.3, 0.4) is 0 Å². The summed E-state index contributed by atoms with van der Waals surface area (Å²) in [6, 6.07) is 0.0801. The molecule has 4 heteroatoms. The molecular formula is C12H24N2OS. The van der Waals surface area contributed by atoms with E-state index < -0.39 is 0 Å². The number of carbonyl (C=O) groups excluding carboxylic acids is 1. The van der Waals surface area contributed by atoms with E-state index in [1.54, 1.807) is 0 Å². The van der Waals surface area contributed by atoms with Crippen LogP contribution in [0.2, 0.25) is 0 Å². The van der Waals surface area contributed by atoms with Gasteiger partial charge in [-0.05, 0) is 44.2 Å². The molecule has 1 rings (SSSR count). The predicted octanol–water partition coefficient (Wildman–Crippen LogP) is 1.78. The third-order valence-corrected chi connectivity index (χ3v) is 3.65. The predicted molar refractivity (Wildman–Crippen MR) is 70.9 cm³/mol. The number of carbonyl (C=O) groups is 1. The van der Waals surface area contributed by atoms with E-state index in [0.717, 1.165) is 32.4 Å². The number of amides is 1. The maximum Gasteiger partial charge on any atom is 0.237 e. The van der Waals surface area contributed by atoms with Crippen molar-refractivity contribution in [3.05, 3.63) is 0 Å². The van der Waals surface area contributed by atoms with Crippen LogP contribution in [0.25, 0.3) is 0 Å². The van der Waals surface area contributed by atoms with E-state index in [4.69, 9.17) is 0 Å². The highest BCUT2D eigenvalue weighted by atomic mass is 32.2. The highest BCUT2D eigenvalue weighted by molar-refractivity contribution is 7.98. The molecule has 0 bridgehead atoms. The second kappa shape index (κ2) is 8.88. The van der Waals surface area contributed by atoms with E-state index in [2.05, 4.69) is 16.9 Å². The highest BCUT2D eigenvalue weighted by Crippen LogP contribution is 2.06. The van der Waals surface area contributed by atoms with E-state index in [1.807, 2.05) is 11.8 Å². The molecule has 0 aromatic carbocycles. The van der Waals surface area contributed by atoms with Crippen molar-refractivity contribution in [3.8, 4) is 0 Å². The van der Waals surface area contributed by atoms with Crippen LogP contribution >= 0.6 is 11.8 Å². The molecule has 1 aliphatic rings. The van der Waals surface area contributed by atoms with Gasteiger partial charge in [0.25, 0.3) is 0 Å². The smallest absolute Gasteiger partial charge is 0.237 e. The molecular weight excluding hydrogens is 220 g/mol. The van der Waals surface area contributed by atoms with Crippen LogP contribution in [-0.4, -0.2) is 37.0 Å². The van der Waals surface area contributed by atoms with Crippen LogP contribution in [0.1, 0.15) is 38.5 Å². The molecule has 1 atom stereocenters. The molecule has 0 saturated carbocycles. The van der Waals surface area contributed by atoms with Crippen LogP contribution in [0.5, 0.6) is 0 Å². The van der Waals surface area contributed by atoms with Gasteiger partial charge in [-0.25, -0.2) is 0 Å². The lowest BCUT2D eigenvalue weighted by Crippen LogP contribution is -2.40. The van der Waals surface area contributed by atoms with Gasteiger partial charge in [0.2, 0.25) is 5.91 Å². The number of unbranched alkanes of at least 4 members (excludes halogenated alkanes) is 3. The van der Waals surface area contributed by atoms with Gasteiger partial charge in [-0.3, -0.25) is 4.79 Å². The van der Waals surface area contributed by atoms with Crippen molar-refractivity contribution in [3.63, 3.8) is 0 Å². The van der Waals surface area contributed by atoms with Crippen LogP contribution < -0.4 is 10.6 Å². The summed E-state index contributed by atoms with van der Waals surface area (Å²) in [4.78, 5) is 11.6. The van der Waals surface area contributed by atoms with Gasteiger partial charge >= 0.3 is 0 Å². The molecule has 0 aliphatic carbocycles. The van der Waals surface area contributed by atoms with Gasteiger partial charge in [-0.1, -0.05) is 12.8 Å². The standard InChI is InChI=1S/C12H24N2OS/c1-16-10-5-3-2-4-8-14-12(15)11-7-6-9-13-11/h11,13H,2-10H2,1H3,(H,14,15)/t11-/m1/s1. The molecule has 0 aromatic rings. The summed E-state index contributed by atoms with van der Waals surface area (Å²) < 4.78 is 0. The van der Waals surface area contributed by atoms with E-state index in [9.17, 15) is 4.79 Å². The Morgan fingerprint density at radius 2 is 2.19 bits per heavy atom. The molecule has 1 aliphatic heterocycles. The van der Waals surface area contributed by atoms with Crippen molar-refractivity contribution in [2.45, 2.75) is 44.6 Å². The molecule has 1 heterocycles. The Morgan fingerprint density at radius 3 is 2.88 bits per heavy atom. The normalized spacial score (nSPS) is 19.9. The second-order valence-electron chi connectivity index (χ2n) is 4.35. The number of hydrogen-bond donors (Lipinski definition) is 2. The largest absolute Gasteiger partial charge is 0.355 e. The first-order valence-corrected chi connectivity index (χ1v) is 7.74. The van der Waals surface area contributed by atoms with Gasteiger partial charge in [-0.2, -0.15) is 11.8 Å². The zero-order valence-corrected chi connectivity index (χ0v) is 11.1. The maximum atomic E-state index is 11.6. The molecule has 0 aromatic heterocycles. The van der Waals surface area contributed by atoms with Crippen LogP contribution in [0, 0.1) is 0 Å². The van der Waals surface area contributed by atoms with Gasteiger partial charge in [0.05, 0.1) is 6.04 Å². The van der Waals surface area contributed by atoms with Crippen molar-refractivity contribution < 1.29 is 4.79 Å². The molecule has 3 nitrogen and oxygen atoms in total. The van der Waals surface area contributed by atoms with Crippen molar-refractivity contribution in [2.24, 2.45) is 0 Å². The first-order chi connectivity index (χ1) is 7.84. The summed E-state index contributed by atoms with van der Waals surface area (Å²) >= 11 is 1.91. The fourth-order valence-corrected chi connectivity index (χ4v) is 2.46. The lowest BCUT2D eigenvalue weighted by Gasteiger charge is -2.10. The number of thioether (sulfide) groups is 1. The Bertz CT molecular complexity index is 193. The van der Waals surface area contributed by atoms with Crippen molar-refractivity contribution >= 4 is 17.7 Å². The Hall–Kier alpha value is -0.220. The number of rotatable bonds is 8. The minimum Gasteiger partial charge on any atom is -0.355 e. The van der Waals surface area contributed by atoms with E-state index in [0.29, 0.717) is 0 Å². The summed E-state index contributed by atoms with van der Waals surface area (Å²) in [6.45, 7) is 1.84. The van der Waals surface area contributed by atoms with E-state index in [1.165, 1.54) is 25.0 Å². The Labute approximate surface area is 103 Å². The maximum absolute atomic E-state index is 11.6. The van der Waals surface area contributed by atoms with E-state index >= 15 is 0 Å². The van der Waals surface area contributed by atoms with Crippen molar-refractivity contribution in [1.82, 2.24) is 10.6 Å². The Morgan fingerprint density at radius 1 is 1.38 bits per heavy atom. The molecule has 1 saturated heterocycles. The molecule has 1 amide bonds. The van der Waals surface area contributed by atoms with Gasteiger partial charge < -0.3 is 10.6 Å². The first kappa shape index (κ1) is 13.8. The lowest BCUT2D eigenvalue weighted by molar-refractivity contribution is -0.122. The zero-order chi connectivity index (χ0) is 11.6. The monoisotopic (exact) mass is 244 g/mol. The lowest BCUT2D eigenvalue weighted by atomic mass is 10.2.